The second kappa shape index (κ2) is 8.23. The first kappa shape index (κ1) is 18.2. The number of carbonyl (C=O) groups is 1. The number of imidazole rings is 1. The molecule has 0 saturated carbocycles. The molecule has 0 atom stereocenters. The van der Waals surface area contributed by atoms with Crippen LogP contribution in [-0.4, -0.2) is 20.3 Å². The van der Waals surface area contributed by atoms with Gasteiger partial charge in [-0.2, -0.15) is 0 Å². The molecular weight excluding hydrogens is 372 g/mol. The molecule has 1 aromatic carbocycles. The van der Waals surface area contributed by atoms with Crippen molar-refractivity contribution in [3.05, 3.63) is 89.5 Å². The van der Waals surface area contributed by atoms with Crippen LogP contribution in [0.5, 0.6) is 0 Å². The maximum absolute atomic E-state index is 12.4. The highest BCUT2D eigenvalue weighted by atomic mass is 35.5. The van der Waals surface area contributed by atoms with E-state index in [1.54, 1.807) is 6.20 Å². The topological polar surface area (TPSA) is 59.3 Å². The van der Waals surface area contributed by atoms with Crippen LogP contribution in [0.2, 0.25) is 5.02 Å². The number of pyridine rings is 2. The summed E-state index contributed by atoms with van der Waals surface area (Å²) in [6, 6.07) is 19.1. The maximum Gasteiger partial charge on any atom is 0.220 e. The van der Waals surface area contributed by atoms with Crippen LogP contribution < -0.4 is 5.32 Å². The largest absolute Gasteiger partial charge is 0.350 e. The summed E-state index contributed by atoms with van der Waals surface area (Å²) in [6.45, 7) is 0.427. The number of nitrogens with zero attached hydrogens (tertiary/aromatic N) is 3. The van der Waals surface area contributed by atoms with Gasteiger partial charge in [-0.05, 0) is 42.8 Å². The van der Waals surface area contributed by atoms with Crippen LogP contribution in [0.4, 0.5) is 0 Å². The van der Waals surface area contributed by atoms with Gasteiger partial charge in [-0.3, -0.25) is 9.78 Å². The molecule has 140 valence electrons. The van der Waals surface area contributed by atoms with Crippen molar-refractivity contribution in [1.29, 1.82) is 0 Å². The van der Waals surface area contributed by atoms with E-state index in [0.717, 1.165) is 28.3 Å². The number of halogens is 1. The van der Waals surface area contributed by atoms with Crippen LogP contribution in [0.3, 0.4) is 0 Å². The van der Waals surface area contributed by atoms with Gasteiger partial charge in [-0.15, -0.1) is 0 Å². The quantitative estimate of drug-likeness (QED) is 0.534. The summed E-state index contributed by atoms with van der Waals surface area (Å²) < 4.78 is 2.04. The van der Waals surface area contributed by atoms with Crippen molar-refractivity contribution in [2.75, 3.05) is 0 Å². The zero-order valence-electron chi connectivity index (χ0n) is 15.2. The van der Waals surface area contributed by atoms with Crippen molar-refractivity contribution >= 4 is 23.2 Å². The Morgan fingerprint density at radius 2 is 1.86 bits per heavy atom. The van der Waals surface area contributed by atoms with E-state index in [0.29, 0.717) is 24.4 Å². The fourth-order valence-corrected chi connectivity index (χ4v) is 3.26. The van der Waals surface area contributed by atoms with E-state index in [9.17, 15) is 4.79 Å². The molecule has 0 aliphatic heterocycles. The third-order valence-electron chi connectivity index (χ3n) is 4.53. The molecule has 6 heteroatoms. The second-order valence-electron chi connectivity index (χ2n) is 6.44. The Balaban J connectivity index is 1.53. The third kappa shape index (κ3) is 4.05. The monoisotopic (exact) mass is 390 g/mol. The van der Waals surface area contributed by atoms with Crippen molar-refractivity contribution in [2.45, 2.75) is 19.4 Å². The SMILES string of the molecule is O=C(CCc1c(-c2ccc(Cl)cc2)nc2ccccn12)NCc1ccccn1. The standard InChI is InChI=1S/C22H19ClN4O/c23-17-9-7-16(8-10-17)22-19(27-14-4-2-6-20(27)26-22)11-12-21(28)25-15-18-5-1-3-13-24-18/h1-10,13-14H,11-12,15H2,(H,25,28). The lowest BCUT2D eigenvalue weighted by Gasteiger charge is -2.07. The normalized spacial score (nSPS) is 10.9. The Bertz CT molecular complexity index is 1090. The molecule has 28 heavy (non-hydrogen) atoms. The molecule has 3 heterocycles. The number of aromatic nitrogens is 3. The third-order valence-corrected chi connectivity index (χ3v) is 4.78. The van der Waals surface area contributed by atoms with Gasteiger partial charge in [0.1, 0.15) is 5.65 Å². The lowest BCUT2D eigenvalue weighted by molar-refractivity contribution is -0.121. The van der Waals surface area contributed by atoms with Crippen LogP contribution in [0.25, 0.3) is 16.9 Å². The summed E-state index contributed by atoms with van der Waals surface area (Å²) in [7, 11) is 0. The minimum absolute atomic E-state index is 0.0152. The first-order valence-corrected chi connectivity index (χ1v) is 9.47. The summed E-state index contributed by atoms with van der Waals surface area (Å²) >= 11 is 6.02. The highest BCUT2D eigenvalue weighted by Crippen LogP contribution is 2.26. The first-order chi connectivity index (χ1) is 13.7. The summed E-state index contributed by atoms with van der Waals surface area (Å²) in [5.41, 5.74) is 4.56. The number of hydrogen-bond acceptors (Lipinski definition) is 3. The lowest BCUT2D eigenvalue weighted by Crippen LogP contribution is -2.23. The number of carbonyl (C=O) groups excluding carboxylic acids is 1. The minimum Gasteiger partial charge on any atom is -0.350 e. The summed E-state index contributed by atoms with van der Waals surface area (Å²) in [4.78, 5) is 21.3. The van der Waals surface area contributed by atoms with Gasteiger partial charge in [0.2, 0.25) is 5.91 Å². The number of hydrogen-bond donors (Lipinski definition) is 1. The molecule has 4 aromatic rings. The van der Waals surface area contributed by atoms with E-state index in [2.05, 4.69) is 10.3 Å². The van der Waals surface area contributed by atoms with Crippen LogP contribution in [0.1, 0.15) is 17.8 Å². The Kier molecular flexibility index (Phi) is 5.35. The molecule has 0 fully saturated rings. The van der Waals surface area contributed by atoms with Gasteiger partial charge in [0.15, 0.2) is 0 Å². The summed E-state index contributed by atoms with van der Waals surface area (Å²) in [6.07, 6.45) is 4.65. The summed E-state index contributed by atoms with van der Waals surface area (Å²) in [5, 5.41) is 3.61. The fraction of sp³-hybridized carbons (Fsp3) is 0.136. The summed E-state index contributed by atoms with van der Waals surface area (Å²) in [5.74, 6) is -0.0152. The average molecular weight is 391 g/mol. The van der Waals surface area contributed by atoms with E-state index >= 15 is 0 Å². The van der Waals surface area contributed by atoms with E-state index in [1.165, 1.54) is 0 Å². The van der Waals surface area contributed by atoms with Gasteiger partial charge in [0.25, 0.3) is 0 Å². The number of aryl methyl sites for hydroxylation is 1. The molecule has 0 saturated heterocycles. The fourth-order valence-electron chi connectivity index (χ4n) is 3.14. The number of benzene rings is 1. The molecular formula is C22H19ClN4O. The van der Waals surface area contributed by atoms with Gasteiger partial charge in [-0.1, -0.05) is 35.9 Å². The second-order valence-corrected chi connectivity index (χ2v) is 6.88. The highest BCUT2D eigenvalue weighted by molar-refractivity contribution is 6.30. The Morgan fingerprint density at radius 1 is 1.04 bits per heavy atom. The molecule has 0 aliphatic rings. The van der Waals surface area contributed by atoms with Gasteiger partial charge >= 0.3 is 0 Å². The molecule has 1 amide bonds. The van der Waals surface area contributed by atoms with Crippen LogP contribution >= 0.6 is 11.6 Å². The molecule has 0 aliphatic carbocycles. The van der Waals surface area contributed by atoms with Crippen LogP contribution in [0, 0.1) is 0 Å². The predicted octanol–water partition coefficient (Wildman–Crippen LogP) is 4.30. The molecule has 0 spiro atoms. The molecule has 5 nitrogen and oxygen atoms in total. The molecule has 1 N–H and O–H groups in total. The number of rotatable bonds is 6. The van der Waals surface area contributed by atoms with Crippen molar-refractivity contribution < 1.29 is 4.79 Å². The molecule has 0 unspecified atom stereocenters. The molecule has 0 bridgehead atoms. The first-order valence-electron chi connectivity index (χ1n) is 9.09. The highest BCUT2D eigenvalue weighted by Gasteiger charge is 2.15. The van der Waals surface area contributed by atoms with Gasteiger partial charge in [0, 0.05) is 29.4 Å². The molecule has 0 radical (unpaired) electrons. The van der Waals surface area contributed by atoms with Gasteiger partial charge < -0.3 is 9.72 Å². The van der Waals surface area contributed by atoms with Gasteiger partial charge in [0.05, 0.1) is 23.6 Å². The van der Waals surface area contributed by atoms with E-state index < -0.39 is 0 Å². The van der Waals surface area contributed by atoms with Crippen molar-refractivity contribution in [3.63, 3.8) is 0 Å². The van der Waals surface area contributed by atoms with E-state index in [1.807, 2.05) is 71.3 Å². The van der Waals surface area contributed by atoms with E-state index in [4.69, 9.17) is 16.6 Å². The predicted molar refractivity (Wildman–Crippen MR) is 110 cm³/mol. The number of nitrogens with one attached hydrogen (secondary N) is 1. The molecule has 3 aromatic heterocycles. The van der Waals surface area contributed by atoms with E-state index in [-0.39, 0.29) is 5.91 Å². The van der Waals surface area contributed by atoms with Crippen molar-refractivity contribution in [2.24, 2.45) is 0 Å². The Morgan fingerprint density at radius 3 is 2.64 bits per heavy atom. The Hall–Kier alpha value is -3.18. The van der Waals surface area contributed by atoms with Crippen molar-refractivity contribution in [3.8, 4) is 11.3 Å². The molecule has 4 rings (SSSR count). The zero-order valence-corrected chi connectivity index (χ0v) is 15.9. The minimum atomic E-state index is -0.0152. The maximum atomic E-state index is 12.4. The number of fused-ring (bicyclic) bond motifs is 1. The average Bonchev–Trinajstić information content (AvgIpc) is 3.10. The Labute approximate surface area is 168 Å². The number of amides is 1. The zero-order chi connectivity index (χ0) is 19.3. The lowest BCUT2D eigenvalue weighted by atomic mass is 10.1. The van der Waals surface area contributed by atoms with Crippen LogP contribution in [-0.2, 0) is 17.8 Å². The van der Waals surface area contributed by atoms with Crippen LogP contribution in [0.15, 0.2) is 73.1 Å². The smallest absolute Gasteiger partial charge is 0.220 e. The van der Waals surface area contributed by atoms with Crippen molar-refractivity contribution in [1.82, 2.24) is 19.7 Å². The van der Waals surface area contributed by atoms with Gasteiger partial charge in [-0.25, -0.2) is 4.98 Å².